The molecule has 2 saturated heterocycles. The summed E-state index contributed by atoms with van der Waals surface area (Å²) < 4.78 is 10.8. The van der Waals surface area contributed by atoms with Crippen molar-refractivity contribution in [3.8, 4) is 0 Å². The molecule has 0 aliphatic carbocycles. The molecule has 4 nitrogen and oxygen atoms in total. The number of rotatable bonds is 8. The zero-order valence-electron chi connectivity index (χ0n) is 15.0. The Kier molecular flexibility index (Phi) is 4.64. The molecule has 25 heavy (non-hydrogen) atoms. The van der Waals surface area contributed by atoms with Crippen LogP contribution in [-0.2, 0) is 15.9 Å². The van der Waals surface area contributed by atoms with Crippen LogP contribution in [0.3, 0.4) is 0 Å². The molecule has 2 heterocycles. The van der Waals surface area contributed by atoms with Gasteiger partial charge in [0.05, 0.1) is 25.4 Å². The molecule has 2 unspecified atom stereocenters. The fraction of sp³-hybridized carbons (Fsp3) is 0.429. The summed E-state index contributed by atoms with van der Waals surface area (Å²) in [7, 11) is 4.14. The van der Waals surface area contributed by atoms with Gasteiger partial charge in [0.1, 0.15) is 0 Å². The van der Waals surface area contributed by atoms with Crippen LogP contribution in [0, 0.1) is 0 Å². The highest BCUT2D eigenvalue weighted by atomic mass is 16.6. The van der Waals surface area contributed by atoms with Crippen LogP contribution in [0.5, 0.6) is 0 Å². The Hall–Kier alpha value is -2.04. The van der Waals surface area contributed by atoms with Gasteiger partial charge in [0.15, 0.2) is 0 Å². The third-order valence-electron chi connectivity index (χ3n) is 4.82. The molecule has 2 atom stereocenters. The van der Waals surface area contributed by atoms with Crippen molar-refractivity contribution in [1.82, 2.24) is 0 Å². The largest absolute Gasteiger partial charge is 0.378 e. The number of anilines is 2. The number of hydrogen-bond acceptors (Lipinski definition) is 4. The Morgan fingerprint density at radius 2 is 1.20 bits per heavy atom. The van der Waals surface area contributed by atoms with Crippen LogP contribution in [0.1, 0.15) is 11.1 Å². The molecule has 132 valence electrons. The van der Waals surface area contributed by atoms with E-state index in [1.54, 1.807) is 0 Å². The van der Waals surface area contributed by atoms with Crippen LogP contribution >= 0.6 is 0 Å². The molecular weight excluding hydrogens is 312 g/mol. The molecule has 0 bridgehead atoms. The first-order chi connectivity index (χ1) is 12.2. The lowest BCUT2D eigenvalue weighted by molar-refractivity contribution is 0.389. The molecule has 4 heteroatoms. The normalized spacial score (nSPS) is 21.0. The van der Waals surface area contributed by atoms with Crippen molar-refractivity contribution in [2.45, 2.75) is 18.6 Å². The second kappa shape index (κ2) is 7.06. The first-order valence-corrected chi connectivity index (χ1v) is 9.01. The number of benzene rings is 2. The van der Waals surface area contributed by atoms with E-state index in [9.17, 15) is 0 Å². The molecule has 0 amide bonds. The predicted octanol–water partition coefficient (Wildman–Crippen LogP) is 2.95. The zero-order valence-corrected chi connectivity index (χ0v) is 15.0. The van der Waals surface area contributed by atoms with E-state index in [1.807, 2.05) is 0 Å². The summed E-state index contributed by atoms with van der Waals surface area (Å²) in [4.78, 5) is 4.52. The summed E-state index contributed by atoms with van der Waals surface area (Å²) in [6, 6.07) is 17.7. The summed E-state index contributed by atoms with van der Waals surface area (Å²) in [5, 5.41) is 0. The van der Waals surface area contributed by atoms with Crippen molar-refractivity contribution in [3.05, 3.63) is 59.7 Å². The number of hydrogen-bond donors (Lipinski definition) is 0. The Morgan fingerprint density at radius 3 is 1.60 bits per heavy atom. The average molecular weight is 338 g/mol. The fourth-order valence-electron chi connectivity index (χ4n) is 3.10. The van der Waals surface area contributed by atoms with Gasteiger partial charge < -0.3 is 19.3 Å². The van der Waals surface area contributed by atoms with Crippen molar-refractivity contribution in [1.29, 1.82) is 0 Å². The summed E-state index contributed by atoms with van der Waals surface area (Å²) in [5.74, 6) is 0. The number of nitrogens with zero attached hydrogens (tertiary/aromatic N) is 2. The monoisotopic (exact) mass is 338 g/mol. The predicted molar refractivity (Wildman–Crippen MR) is 102 cm³/mol. The molecule has 2 aromatic carbocycles. The SMILES string of the molecule is CN(C)c1ccc(Cc2ccc(N(CC3CO3)CC3CO3)cc2)cc1. The van der Waals surface area contributed by atoms with Gasteiger partial charge in [-0.25, -0.2) is 0 Å². The average Bonchev–Trinajstić information content (AvgIpc) is 3.52. The minimum absolute atomic E-state index is 0.397. The first-order valence-electron chi connectivity index (χ1n) is 9.01. The highest BCUT2D eigenvalue weighted by Crippen LogP contribution is 2.24. The van der Waals surface area contributed by atoms with Gasteiger partial charge in [-0.3, -0.25) is 0 Å². The lowest BCUT2D eigenvalue weighted by Crippen LogP contribution is -2.31. The van der Waals surface area contributed by atoms with Crippen molar-refractivity contribution in [2.24, 2.45) is 0 Å². The van der Waals surface area contributed by atoms with Crippen molar-refractivity contribution < 1.29 is 9.47 Å². The summed E-state index contributed by atoms with van der Waals surface area (Å²) in [5.41, 5.74) is 5.18. The van der Waals surface area contributed by atoms with Gasteiger partial charge >= 0.3 is 0 Å². The van der Waals surface area contributed by atoms with E-state index in [4.69, 9.17) is 9.47 Å². The first kappa shape index (κ1) is 16.4. The van der Waals surface area contributed by atoms with E-state index < -0.39 is 0 Å². The van der Waals surface area contributed by atoms with E-state index in [0.29, 0.717) is 12.2 Å². The molecule has 2 aromatic rings. The van der Waals surface area contributed by atoms with Gasteiger partial charge in [-0.05, 0) is 41.8 Å². The van der Waals surface area contributed by atoms with Crippen molar-refractivity contribution in [3.63, 3.8) is 0 Å². The summed E-state index contributed by atoms with van der Waals surface area (Å²) in [6.07, 6.45) is 1.76. The lowest BCUT2D eigenvalue weighted by atomic mass is 10.0. The summed E-state index contributed by atoms with van der Waals surface area (Å²) >= 11 is 0. The number of epoxide rings is 2. The highest BCUT2D eigenvalue weighted by molar-refractivity contribution is 5.50. The van der Waals surface area contributed by atoms with Gasteiger partial charge in [-0.1, -0.05) is 24.3 Å². The van der Waals surface area contributed by atoms with E-state index in [0.717, 1.165) is 32.7 Å². The fourth-order valence-corrected chi connectivity index (χ4v) is 3.10. The maximum atomic E-state index is 5.41. The van der Waals surface area contributed by atoms with Gasteiger partial charge in [0, 0.05) is 38.6 Å². The second-order valence-corrected chi connectivity index (χ2v) is 7.22. The van der Waals surface area contributed by atoms with Crippen LogP contribution in [0.25, 0.3) is 0 Å². The third-order valence-corrected chi connectivity index (χ3v) is 4.82. The second-order valence-electron chi connectivity index (χ2n) is 7.22. The quantitative estimate of drug-likeness (QED) is 0.693. The highest BCUT2D eigenvalue weighted by Gasteiger charge is 2.30. The molecule has 0 radical (unpaired) electrons. The number of ether oxygens (including phenoxy) is 2. The Labute approximate surface area is 150 Å². The smallest absolute Gasteiger partial charge is 0.0984 e. The minimum atomic E-state index is 0.397. The molecule has 2 fully saturated rings. The molecule has 0 aromatic heterocycles. The van der Waals surface area contributed by atoms with Crippen LogP contribution in [0.4, 0.5) is 11.4 Å². The maximum Gasteiger partial charge on any atom is 0.0984 e. The van der Waals surface area contributed by atoms with E-state index in [2.05, 4.69) is 72.4 Å². The van der Waals surface area contributed by atoms with Crippen LogP contribution < -0.4 is 9.80 Å². The molecule has 0 N–H and O–H groups in total. The van der Waals surface area contributed by atoms with E-state index in [-0.39, 0.29) is 0 Å². The minimum Gasteiger partial charge on any atom is -0.378 e. The summed E-state index contributed by atoms with van der Waals surface area (Å²) in [6.45, 7) is 3.71. The van der Waals surface area contributed by atoms with Gasteiger partial charge in [-0.15, -0.1) is 0 Å². The van der Waals surface area contributed by atoms with Crippen molar-refractivity contribution in [2.75, 3.05) is 50.2 Å². The Bertz CT molecular complexity index is 675. The molecule has 4 rings (SSSR count). The van der Waals surface area contributed by atoms with Gasteiger partial charge in [0.2, 0.25) is 0 Å². The zero-order chi connectivity index (χ0) is 17.2. The van der Waals surface area contributed by atoms with E-state index >= 15 is 0 Å². The maximum absolute atomic E-state index is 5.41. The Balaban J connectivity index is 1.41. The molecule has 2 aliphatic heterocycles. The van der Waals surface area contributed by atoms with Gasteiger partial charge in [0.25, 0.3) is 0 Å². The topological polar surface area (TPSA) is 31.5 Å². The van der Waals surface area contributed by atoms with Crippen LogP contribution in [0.15, 0.2) is 48.5 Å². The molecule has 0 spiro atoms. The van der Waals surface area contributed by atoms with Crippen molar-refractivity contribution >= 4 is 11.4 Å². The Morgan fingerprint density at radius 1 is 0.760 bits per heavy atom. The van der Waals surface area contributed by atoms with E-state index in [1.165, 1.54) is 22.5 Å². The molecular formula is C21H26N2O2. The van der Waals surface area contributed by atoms with Gasteiger partial charge in [-0.2, -0.15) is 0 Å². The lowest BCUT2D eigenvalue weighted by Gasteiger charge is -2.23. The van der Waals surface area contributed by atoms with Crippen LogP contribution in [0.2, 0.25) is 0 Å². The molecule has 2 aliphatic rings. The van der Waals surface area contributed by atoms with Crippen LogP contribution in [-0.4, -0.2) is 52.6 Å². The standard InChI is InChI=1S/C21H26N2O2/c1-22(2)18-7-3-16(4-8-18)11-17-5-9-19(10-6-17)23(12-20-14-24-20)13-21-15-25-21/h3-10,20-21H,11-15H2,1-2H3. The third kappa shape index (κ3) is 4.53. The molecule has 0 saturated carbocycles.